The van der Waals surface area contributed by atoms with E-state index in [2.05, 4.69) is 41.6 Å². The van der Waals surface area contributed by atoms with Crippen molar-refractivity contribution in [2.45, 2.75) is 59.0 Å². The number of nitrogens with zero attached hydrogens (tertiary/aromatic N) is 2. The average molecular weight is 310 g/mol. The summed E-state index contributed by atoms with van der Waals surface area (Å²) in [6.07, 6.45) is 2.15. The molecule has 6 nitrogen and oxygen atoms in total. The molecule has 0 aliphatic carbocycles. The molecule has 0 bridgehead atoms. The number of aromatic nitrogens is 1. The summed E-state index contributed by atoms with van der Waals surface area (Å²) in [4.78, 5) is 4.54. The highest BCUT2D eigenvalue weighted by atomic mass is 16.5. The average Bonchev–Trinajstić information content (AvgIpc) is 2.95. The van der Waals surface area contributed by atoms with Crippen LogP contribution < -0.4 is 10.6 Å². The molecule has 1 heterocycles. The van der Waals surface area contributed by atoms with Crippen molar-refractivity contribution in [1.82, 2.24) is 15.8 Å². The van der Waals surface area contributed by atoms with E-state index in [9.17, 15) is 0 Å². The molecule has 0 fully saturated rings. The lowest BCUT2D eigenvalue weighted by molar-refractivity contribution is 0.179. The Balaban J connectivity index is 2.65. The summed E-state index contributed by atoms with van der Waals surface area (Å²) in [5.41, 5.74) is 1.03. The number of rotatable bonds is 9. The van der Waals surface area contributed by atoms with Crippen molar-refractivity contribution in [2.75, 3.05) is 20.3 Å². The summed E-state index contributed by atoms with van der Waals surface area (Å²) in [6, 6.07) is 2.21. The van der Waals surface area contributed by atoms with Gasteiger partial charge in [0.1, 0.15) is 6.54 Å². The van der Waals surface area contributed by atoms with Gasteiger partial charge in [-0.15, -0.1) is 0 Å². The van der Waals surface area contributed by atoms with E-state index in [0.717, 1.165) is 36.8 Å². The van der Waals surface area contributed by atoms with Crippen molar-refractivity contribution in [3.05, 3.63) is 17.5 Å². The van der Waals surface area contributed by atoms with E-state index in [-0.39, 0.29) is 6.04 Å². The second kappa shape index (κ2) is 10.2. The van der Waals surface area contributed by atoms with Crippen LogP contribution in [0.4, 0.5) is 0 Å². The third-order valence-corrected chi connectivity index (χ3v) is 3.52. The minimum Gasteiger partial charge on any atom is -0.383 e. The van der Waals surface area contributed by atoms with E-state index in [1.807, 2.05) is 13.0 Å². The molecule has 0 saturated carbocycles. The normalized spacial score (nSPS) is 13.5. The molecule has 0 aliphatic heterocycles. The van der Waals surface area contributed by atoms with Gasteiger partial charge in [0.15, 0.2) is 11.7 Å². The molecule has 126 valence electrons. The summed E-state index contributed by atoms with van der Waals surface area (Å²) >= 11 is 0. The van der Waals surface area contributed by atoms with Crippen molar-refractivity contribution < 1.29 is 9.26 Å². The van der Waals surface area contributed by atoms with Crippen LogP contribution in [-0.2, 0) is 11.3 Å². The van der Waals surface area contributed by atoms with Crippen LogP contribution in [0.25, 0.3) is 0 Å². The van der Waals surface area contributed by atoms with Crippen LogP contribution in [0, 0.1) is 0 Å². The van der Waals surface area contributed by atoms with Crippen LogP contribution in [0.5, 0.6) is 0 Å². The summed E-state index contributed by atoms with van der Waals surface area (Å²) in [7, 11) is 1.69. The van der Waals surface area contributed by atoms with Gasteiger partial charge >= 0.3 is 0 Å². The van der Waals surface area contributed by atoms with Gasteiger partial charge in [0.05, 0.1) is 12.3 Å². The number of nitrogens with one attached hydrogen (secondary N) is 2. The van der Waals surface area contributed by atoms with Crippen molar-refractivity contribution in [3.8, 4) is 0 Å². The Morgan fingerprint density at radius 3 is 2.68 bits per heavy atom. The molecule has 0 aromatic carbocycles. The zero-order valence-electron chi connectivity index (χ0n) is 14.5. The topological polar surface area (TPSA) is 71.7 Å². The Hall–Kier alpha value is -1.56. The largest absolute Gasteiger partial charge is 0.383 e. The summed E-state index contributed by atoms with van der Waals surface area (Å²) in [5.74, 6) is 2.01. The van der Waals surface area contributed by atoms with Crippen molar-refractivity contribution >= 4 is 5.96 Å². The second-order valence-corrected chi connectivity index (χ2v) is 5.43. The summed E-state index contributed by atoms with van der Waals surface area (Å²) in [5, 5.41) is 10.7. The number of aliphatic imine (C=N–C) groups is 1. The second-order valence-electron chi connectivity index (χ2n) is 5.43. The maximum absolute atomic E-state index is 5.39. The van der Waals surface area contributed by atoms with Crippen molar-refractivity contribution in [1.29, 1.82) is 0 Å². The minimum atomic E-state index is 0.192. The number of guanidine groups is 1. The molecule has 2 N–H and O–H groups in total. The van der Waals surface area contributed by atoms with Crippen LogP contribution in [0.2, 0.25) is 0 Å². The lowest BCUT2D eigenvalue weighted by Gasteiger charge is -2.16. The van der Waals surface area contributed by atoms with E-state index in [1.54, 1.807) is 7.11 Å². The third kappa shape index (κ3) is 6.05. The van der Waals surface area contributed by atoms with Gasteiger partial charge in [0.2, 0.25) is 0 Å². The standard InChI is InChI=1S/C16H30N4O2/c1-6-13(7-2)15-9-14(22-20-15)10-18-16(17-8-3)19-12(4)11-21-5/h9,12-13H,6-8,10-11H2,1-5H3,(H2,17,18,19). The lowest BCUT2D eigenvalue weighted by atomic mass is 9.99. The zero-order valence-corrected chi connectivity index (χ0v) is 14.5. The van der Waals surface area contributed by atoms with E-state index in [1.165, 1.54) is 0 Å². The first kappa shape index (κ1) is 18.5. The minimum absolute atomic E-state index is 0.192. The molecule has 0 saturated heterocycles. The summed E-state index contributed by atoms with van der Waals surface area (Å²) < 4.78 is 10.5. The Labute approximate surface area is 133 Å². The van der Waals surface area contributed by atoms with E-state index >= 15 is 0 Å². The van der Waals surface area contributed by atoms with Gasteiger partial charge in [0.25, 0.3) is 0 Å². The van der Waals surface area contributed by atoms with Crippen LogP contribution in [0.15, 0.2) is 15.6 Å². The van der Waals surface area contributed by atoms with Crippen LogP contribution in [0.1, 0.15) is 57.9 Å². The first-order chi connectivity index (χ1) is 10.6. The van der Waals surface area contributed by atoms with Gasteiger partial charge in [-0.25, -0.2) is 4.99 Å². The molecular formula is C16H30N4O2. The molecule has 1 atom stereocenters. The van der Waals surface area contributed by atoms with Crippen molar-refractivity contribution in [2.24, 2.45) is 4.99 Å². The molecule has 6 heteroatoms. The van der Waals surface area contributed by atoms with E-state index < -0.39 is 0 Å². The number of hydrogen-bond acceptors (Lipinski definition) is 4. The number of methoxy groups -OCH3 is 1. The predicted molar refractivity (Wildman–Crippen MR) is 89.1 cm³/mol. The molecule has 0 amide bonds. The summed E-state index contributed by atoms with van der Waals surface area (Å²) in [6.45, 7) is 10.3. The molecule has 22 heavy (non-hydrogen) atoms. The number of ether oxygens (including phenoxy) is 1. The van der Waals surface area contributed by atoms with E-state index in [0.29, 0.717) is 19.1 Å². The highest BCUT2D eigenvalue weighted by Gasteiger charge is 2.13. The van der Waals surface area contributed by atoms with Gasteiger partial charge < -0.3 is 19.9 Å². The fourth-order valence-electron chi connectivity index (χ4n) is 2.30. The smallest absolute Gasteiger partial charge is 0.191 e. The SMILES string of the molecule is CCNC(=NCc1cc(C(CC)CC)no1)NC(C)COC. The van der Waals surface area contributed by atoms with Gasteiger partial charge in [-0.05, 0) is 26.7 Å². The third-order valence-electron chi connectivity index (χ3n) is 3.52. The maximum Gasteiger partial charge on any atom is 0.191 e. The molecule has 1 aromatic rings. The van der Waals surface area contributed by atoms with Gasteiger partial charge in [-0.3, -0.25) is 0 Å². The first-order valence-corrected chi connectivity index (χ1v) is 8.13. The molecule has 0 radical (unpaired) electrons. The molecule has 0 aliphatic rings. The fourth-order valence-corrected chi connectivity index (χ4v) is 2.30. The number of hydrogen-bond donors (Lipinski definition) is 2. The first-order valence-electron chi connectivity index (χ1n) is 8.13. The lowest BCUT2D eigenvalue weighted by Crippen LogP contribution is -2.43. The Bertz CT molecular complexity index is 441. The monoisotopic (exact) mass is 310 g/mol. The zero-order chi connectivity index (χ0) is 16.4. The van der Waals surface area contributed by atoms with Gasteiger partial charge in [-0.1, -0.05) is 19.0 Å². The van der Waals surface area contributed by atoms with Crippen LogP contribution in [-0.4, -0.2) is 37.4 Å². The molecule has 1 aromatic heterocycles. The van der Waals surface area contributed by atoms with Crippen LogP contribution in [0.3, 0.4) is 0 Å². The van der Waals surface area contributed by atoms with Crippen LogP contribution >= 0.6 is 0 Å². The highest BCUT2D eigenvalue weighted by molar-refractivity contribution is 5.80. The Morgan fingerprint density at radius 1 is 1.36 bits per heavy atom. The molecule has 1 rings (SSSR count). The molecular weight excluding hydrogens is 280 g/mol. The quantitative estimate of drug-likeness (QED) is 0.542. The predicted octanol–water partition coefficient (Wildman–Crippen LogP) is 2.67. The van der Waals surface area contributed by atoms with Gasteiger partial charge in [0, 0.05) is 31.7 Å². The molecule has 0 spiro atoms. The van der Waals surface area contributed by atoms with E-state index in [4.69, 9.17) is 9.26 Å². The van der Waals surface area contributed by atoms with Crippen molar-refractivity contribution in [3.63, 3.8) is 0 Å². The highest BCUT2D eigenvalue weighted by Crippen LogP contribution is 2.22. The Kier molecular flexibility index (Phi) is 8.58. The molecule has 1 unspecified atom stereocenters. The fraction of sp³-hybridized carbons (Fsp3) is 0.750. The maximum atomic E-state index is 5.39. The Morgan fingerprint density at radius 2 is 2.09 bits per heavy atom. The van der Waals surface area contributed by atoms with Gasteiger partial charge in [-0.2, -0.15) is 0 Å².